The summed E-state index contributed by atoms with van der Waals surface area (Å²) in [6, 6.07) is 6.24. The molecule has 1 aromatic carbocycles. The summed E-state index contributed by atoms with van der Waals surface area (Å²) in [5.74, 6) is 1.91. The van der Waals surface area contributed by atoms with Gasteiger partial charge in [-0.05, 0) is 24.7 Å². The highest BCUT2D eigenvalue weighted by molar-refractivity contribution is 5.44. The lowest BCUT2D eigenvalue weighted by atomic mass is 9.94. The van der Waals surface area contributed by atoms with Crippen molar-refractivity contribution in [3.8, 4) is 11.5 Å². The van der Waals surface area contributed by atoms with E-state index in [0.29, 0.717) is 5.92 Å². The smallest absolute Gasteiger partial charge is 0.160 e. The Morgan fingerprint density at radius 1 is 1.18 bits per heavy atom. The van der Waals surface area contributed by atoms with Gasteiger partial charge < -0.3 is 20.1 Å². The minimum absolute atomic E-state index is 0.193. The SMILES string of the molecule is COc1ccc(C2CN(C)CC2N)cc1OC. The molecule has 4 heteroatoms. The summed E-state index contributed by atoms with van der Waals surface area (Å²) < 4.78 is 10.6. The summed E-state index contributed by atoms with van der Waals surface area (Å²) in [4.78, 5) is 2.26. The number of methoxy groups -OCH3 is 2. The van der Waals surface area contributed by atoms with Crippen LogP contribution in [0.25, 0.3) is 0 Å². The predicted molar refractivity (Wildman–Crippen MR) is 67.8 cm³/mol. The van der Waals surface area contributed by atoms with Gasteiger partial charge in [-0.1, -0.05) is 6.07 Å². The molecule has 1 aromatic rings. The molecule has 0 amide bonds. The maximum atomic E-state index is 6.15. The summed E-state index contributed by atoms with van der Waals surface area (Å²) in [5, 5.41) is 0. The molecule has 2 N–H and O–H groups in total. The van der Waals surface area contributed by atoms with Crippen LogP contribution in [-0.4, -0.2) is 45.3 Å². The molecule has 17 heavy (non-hydrogen) atoms. The maximum Gasteiger partial charge on any atom is 0.160 e. The number of rotatable bonds is 3. The van der Waals surface area contributed by atoms with Crippen LogP contribution in [0.5, 0.6) is 11.5 Å². The second-order valence-corrected chi connectivity index (χ2v) is 4.61. The third-order valence-electron chi connectivity index (χ3n) is 3.38. The van der Waals surface area contributed by atoms with E-state index >= 15 is 0 Å². The number of hydrogen-bond donors (Lipinski definition) is 1. The summed E-state index contributed by atoms with van der Waals surface area (Å²) in [5.41, 5.74) is 7.37. The lowest BCUT2D eigenvalue weighted by Crippen LogP contribution is -2.27. The number of nitrogens with zero attached hydrogens (tertiary/aromatic N) is 1. The Kier molecular flexibility index (Phi) is 3.54. The van der Waals surface area contributed by atoms with Gasteiger partial charge in [0.05, 0.1) is 14.2 Å². The molecule has 2 rings (SSSR count). The van der Waals surface area contributed by atoms with Crippen molar-refractivity contribution in [2.24, 2.45) is 5.73 Å². The number of benzene rings is 1. The van der Waals surface area contributed by atoms with Gasteiger partial charge in [0.15, 0.2) is 11.5 Å². The average Bonchev–Trinajstić information content (AvgIpc) is 2.67. The molecule has 0 radical (unpaired) electrons. The van der Waals surface area contributed by atoms with Crippen molar-refractivity contribution in [3.63, 3.8) is 0 Å². The van der Waals surface area contributed by atoms with Crippen molar-refractivity contribution in [1.29, 1.82) is 0 Å². The van der Waals surface area contributed by atoms with E-state index in [1.807, 2.05) is 12.1 Å². The first-order valence-electron chi connectivity index (χ1n) is 5.81. The zero-order valence-corrected chi connectivity index (χ0v) is 10.6. The monoisotopic (exact) mass is 236 g/mol. The van der Waals surface area contributed by atoms with Gasteiger partial charge in [0.1, 0.15) is 0 Å². The minimum atomic E-state index is 0.193. The molecule has 0 aliphatic carbocycles. The van der Waals surface area contributed by atoms with Crippen LogP contribution < -0.4 is 15.2 Å². The first kappa shape index (κ1) is 12.2. The molecule has 0 saturated carbocycles. The Morgan fingerprint density at radius 3 is 2.41 bits per heavy atom. The van der Waals surface area contributed by atoms with E-state index in [-0.39, 0.29) is 6.04 Å². The zero-order chi connectivity index (χ0) is 12.4. The van der Waals surface area contributed by atoms with Crippen LogP contribution in [0.2, 0.25) is 0 Å². The van der Waals surface area contributed by atoms with Gasteiger partial charge in [-0.25, -0.2) is 0 Å². The molecular weight excluding hydrogens is 216 g/mol. The molecule has 2 atom stereocenters. The summed E-state index contributed by atoms with van der Waals surface area (Å²) in [6.45, 7) is 1.94. The largest absolute Gasteiger partial charge is 0.493 e. The minimum Gasteiger partial charge on any atom is -0.493 e. The molecule has 4 nitrogen and oxygen atoms in total. The number of likely N-dealkylation sites (N-methyl/N-ethyl adjacent to an activating group) is 1. The Hall–Kier alpha value is -1.26. The molecule has 1 saturated heterocycles. The van der Waals surface area contributed by atoms with Crippen LogP contribution in [0.15, 0.2) is 18.2 Å². The van der Waals surface area contributed by atoms with Crippen molar-refractivity contribution in [1.82, 2.24) is 4.90 Å². The van der Waals surface area contributed by atoms with Crippen molar-refractivity contribution in [2.45, 2.75) is 12.0 Å². The first-order valence-corrected chi connectivity index (χ1v) is 5.81. The highest BCUT2D eigenvalue weighted by Crippen LogP contribution is 2.33. The van der Waals surface area contributed by atoms with Gasteiger partial charge >= 0.3 is 0 Å². The summed E-state index contributed by atoms with van der Waals surface area (Å²) in [7, 11) is 5.40. The van der Waals surface area contributed by atoms with Crippen molar-refractivity contribution in [3.05, 3.63) is 23.8 Å². The summed E-state index contributed by atoms with van der Waals surface area (Å²) in [6.07, 6.45) is 0. The molecular formula is C13H20N2O2. The topological polar surface area (TPSA) is 47.7 Å². The molecule has 1 fully saturated rings. The molecule has 1 heterocycles. The second kappa shape index (κ2) is 4.94. The Morgan fingerprint density at radius 2 is 1.88 bits per heavy atom. The van der Waals surface area contributed by atoms with Gasteiger partial charge in [0.2, 0.25) is 0 Å². The zero-order valence-electron chi connectivity index (χ0n) is 10.6. The van der Waals surface area contributed by atoms with Crippen molar-refractivity contribution >= 4 is 0 Å². The Bertz CT molecular complexity index is 395. The van der Waals surface area contributed by atoms with Gasteiger partial charge in [0.25, 0.3) is 0 Å². The third kappa shape index (κ3) is 2.37. The van der Waals surface area contributed by atoms with Gasteiger partial charge in [-0.2, -0.15) is 0 Å². The van der Waals surface area contributed by atoms with E-state index in [2.05, 4.69) is 18.0 Å². The van der Waals surface area contributed by atoms with Crippen molar-refractivity contribution < 1.29 is 9.47 Å². The van der Waals surface area contributed by atoms with Crippen LogP contribution in [0, 0.1) is 0 Å². The first-order chi connectivity index (χ1) is 8.15. The predicted octanol–water partition coefficient (Wildman–Crippen LogP) is 1.06. The molecule has 1 aliphatic rings. The lowest BCUT2D eigenvalue weighted by Gasteiger charge is -2.17. The number of hydrogen-bond acceptors (Lipinski definition) is 4. The highest BCUT2D eigenvalue weighted by Gasteiger charge is 2.29. The van der Waals surface area contributed by atoms with Crippen LogP contribution in [0.1, 0.15) is 11.5 Å². The van der Waals surface area contributed by atoms with Gasteiger partial charge in [-0.15, -0.1) is 0 Å². The lowest BCUT2D eigenvalue weighted by molar-refractivity contribution is 0.354. The van der Waals surface area contributed by atoms with E-state index in [1.54, 1.807) is 14.2 Å². The van der Waals surface area contributed by atoms with E-state index < -0.39 is 0 Å². The number of ether oxygens (including phenoxy) is 2. The fourth-order valence-corrected chi connectivity index (χ4v) is 2.47. The van der Waals surface area contributed by atoms with Crippen LogP contribution >= 0.6 is 0 Å². The Labute approximate surface area is 102 Å². The fraction of sp³-hybridized carbons (Fsp3) is 0.538. The van der Waals surface area contributed by atoms with E-state index in [4.69, 9.17) is 15.2 Å². The van der Waals surface area contributed by atoms with E-state index in [9.17, 15) is 0 Å². The molecule has 0 spiro atoms. The van der Waals surface area contributed by atoms with E-state index in [1.165, 1.54) is 5.56 Å². The standard InChI is InChI=1S/C13H20N2O2/c1-15-7-10(11(14)8-15)9-4-5-12(16-2)13(6-9)17-3/h4-6,10-11H,7-8,14H2,1-3H3. The molecule has 1 aliphatic heterocycles. The number of nitrogens with two attached hydrogens (primary N) is 1. The van der Waals surface area contributed by atoms with E-state index in [0.717, 1.165) is 24.6 Å². The quantitative estimate of drug-likeness (QED) is 0.852. The number of likely N-dealkylation sites (tertiary alicyclic amines) is 1. The van der Waals surface area contributed by atoms with Gasteiger partial charge in [0, 0.05) is 25.0 Å². The maximum absolute atomic E-state index is 6.15. The van der Waals surface area contributed by atoms with Crippen LogP contribution in [-0.2, 0) is 0 Å². The average molecular weight is 236 g/mol. The van der Waals surface area contributed by atoms with Crippen molar-refractivity contribution in [2.75, 3.05) is 34.4 Å². The molecule has 94 valence electrons. The normalized spacial score (nSPS) is 24.9. The molecule has 2 unspecified atom stereocenters. The molecule has 0 aromatic heterocycles. The third-order valence-corrected chi connectivity index (χ3v) is 3.38. The summed E-state index contributed by atoms with van der Waals surface area (Å²) >= 11 is 0. The Balaban J connectivity index is 2.27. The fourth-order valence-electron chi connectivity index (χ4n) is 2.47. The highest BCUT2D eigenvalue weighted by atomic mass is 16.5. The van der Waals surface area contributed by atoms with Gasteiger partial charge in [-0.3, -0.25) is 0 Å². The van der Waals surface area contributed by atoms with Crippen LogP contribution in [0.4, 0.5) is 0 Å². The molecule has 0 bridgehead atoms. The second-order valence-electron chi connectivity index (χ2n) is 4.61. The van der Waals surface area contributed by atoms with Crippen LogP contribution in [0.3, 0.4) is 0 Å².